The first-order chi connectivity index (χ1) is 17.0. The number of fused-ring (bicyclic) bond motifs is 1. The van der Waals surface area contributed by atoms with Crippen LogP contribution in [0.25, 0.3) is 10.9 Å². The number of piperidine rings is 1. The van der Waals surface area contributed by atoms with Gasteiger partial charge in [0.05, 0.1) is 25.3 Å². The Hall–Kier alpha value is -3.48. The molecule has 2 aromatic carbocycles. The quantitative estimate of drug-likeness (QED) is 0.409. The number of nitrogens with zero attached hydrogens (tertiary/aromatic N) is 2. The molecule has 0 radical (unpaired) electrons. The van der Waals surface area contributed by atoms with Gasteiger partial charge in [0.15, 0.2) is 11.5 Å². The number of amides is 1. The summed E-state index contributed by atoms with van der Waals surface area (Å²) >= 11 is 0. The third-order valence-electron chi connectivity index (χ3n) is 6.11. The lowest BCUT2D eigenvalue weighted by Crippen LogP contribution is -2.30. The Morgan fingerprint density at radius 1 is 0.914 bits per heavy atom. The Morgan fingerprint density at radius 3 is 2.20 bits per heavy atom. The number of hydrogen-bond donors (Lipinski definition) is 1. The number of hydrogen-bond acceptors (Lipinski definition) is 6. The van der Waals surface area contributed by atoms with Crippen LogP contribution in [-0.2, 0) is 0 Å². The SMILES string of the molecule is CCOc1cc(C(=O)Nc2ccc3nc(N4CCCCC4)cc(C)c3c2)cc(OCC)c1OCC. The number of carbonyl (C=O) groups excluding carboxylic acids is 1. The normalized spacial score (nSPS) is 13.5. The van der Waals surface area contributed by atoms with E-state index in [-0.39, 0.29) is 5.91 Å². The zero-order valence-electron chi connectivity index (χ0n) is 21.1. The first-order valence-corrected chi connectivity index (χ1v) is 12.6. The van der Waals surface area contributed by atoms with Gasteiger partial charge in [0.25, 0.3) is 5.91 Å². The molecule has 1 aliphatic rings. The van der Waals surface area contributed by atoms with Gasteiger partial charge in [-0.25, -0.2) is 4.98 Å². The molecule has 186 valence electrons. The summed E-state index contributed by atoms with van der Waals surface area (Å²) in [5.74, 6) is 2.30. The van der Waals surface area contributed by atoms with Crippen LogP contribution in [0.2, 0.25) is 0 Å². The zero-order valence-corrected chi connectivity index (χ0v) is 21.1. The molecule has 0 spiro atoms. The van der Waals surface area contributed by atoms with E-state index >= 15 is 0 Å². The van der Waals surface area contributed by atoms with E-state index in [0.29, 0.717) is 48.3 Å². The van der Waals surface area contributed by atoms with Crippen molar-refractivity contribution < 1.29 is 19.0 Å². The Bertz CT molecular complexity index is 1160. The first-order valence-electron chi connectivity index (χ1n) is 12.6. The highest BCUT2D eigenvalue weighted by Gasteiger charge is 2.19. The van der Waals surface area contributed by atoms with E-state index in [1.165, 1.54) is 19.3 Å². The highest BCUT2D eigenvalue weighted by atomic mass is 16.5. The van der Waals surface area contributed by atoms with Gasteiger partial charge in [0.2, 0.25) is 5.75 Å². The molecule has 35 heavy (non-hydrogen) atoms. The average Bonchev–Trinajstić information content (AvgIpc) is 2.87. The van der Waals surface area contributed by atoms with E-state index in [1.54, 1.807) is 12.1 Å². The smallest absolute Gasteiger partial charge is 0.255 e. The van der Waals surface area contributed by atoms with E-state index < -0.39 is 0 Å². The molecule has 1 aromatic heterocycles. The molecule has 4 rings (SSSR count). The van der Waals surface area contributed by atoms with Crippen LogP contribution < -0.4 is 24.4 Å². The molecule has 1 amide bonds. The monoisotopic (exact) mass is 477 g/mol. The van der Waals surface area contributed by atoms with Crippen LogP contribution in [-0.4, -0.2) is 43.8 Å². The minimum Gasteiger partial charge on any atom is -0.490 e. The molecule has 1 N–H and O–H groups in total. The highest BCUT2D eigenvalue weighted by molar-refractivity contribution is 6.06. The lowest BCUT2D eigenvalue weighted by atomic mass is 10.1. The largest absolute Gasteiger partial charge is 0.490 e. The molecule has 1 saturated heterocycles. The Labute approximate surface area is 207 Å². The number of pyridine rings is 1. The molecule has 7 nitrogen and oxygen atoms in total. The van der Waals surface area contributed by atoms with Crippen molar-refractivity contribution in [2.45, 2.75) is 47.0 Å². The van der Waals surface area contributed by atoms with Crippen molar-refractivity contribution in [3.63, 3.8) is 0 Å². The van der Waals surface area contributed by atoms with E-state index in [4.69, 9.17) is 19.2 Å². The van der Waals surface area contributed by atoms with E-state index in [1.807, 2.05) is 39.0 Å². The van der Waals surface area contributed by atoms with Crippen molar-refractivity contribution in [2.75, 3.05) is 43.1 Å². The summed E-state index contributed by atoms with van der Waals surface area (Å²) in [4.78, 5) is 20.5. The van der Waals surface area contributed by atoms with Crippen LogP contribution in [0.3, 0.4) is 0 Å². The molecule has 0 atom stereocenters. The van der Waals surface area contributed by atoms with Crippen molar-refractivity contribution >= 4 is 28.3 Å². The molecule has 7 heteroatoms. The van der Waals surface area contributed by atoms with Gasteiger partial charge < -0.3 is 24.4 Å². The number of benzene rings is 2. The van der Waals surface area contributed by atoms with Gasteiger partial charge in [-0.1, -0.05) is 0 Å². The van der Waals surface area contributed by atoms with Crippen molar-refractivity contribution in [3.8, 4) is 17.2 Å². The molecule has 1 fully saturated rings. The third-order valence-corrected chi connectivity index (χ3v) is 6.11. The van der Waals surface area contributed by atoms with Crippen LogP contribution in [0, 0.1) is 6.92 Å². The predicted molar refractivity (Wildman–Crippen MR) is 140 cm³/mol. The molecule has 0 bridgehead atoms. The lowest BCUT2D eigenvalue weighted by molar-refractivity contribution is 0.102. The summed E-state index contributed by atoms with van der Waals surface area (Å²) in [7, 11) is 0. The van der Waals surface area contributed by atoms with Crippen molar-refractivity contribution in [1.29, 1.82) is 0 Å². The maximum atomic E-state index is 13.2. The fourth-order valence-corrected chi connectivity index (χ4v) is 4.46. The van der Waals surface area contributed by atoms with E-state index in [9.17, 15) is 4.79 Å². The molecule has 2 heterocycles. The zero-order chi connectivity index (χ0) is 24.8. The predicted octanol–water partition coefficient (Wildman–Crippen LogP) is 5.98. The second-order valence-electron chi connectivity index (χ2n) is 8.63. The number of aryl methyl sites for hydroxylation is 1. The summed E-state index contributed by atoms with van der Waals surface area (Å²) in [6, 6.07) is 11.4. The van der Waals surface area contributed by atoms with Crippen molar-refractivity contribution in [1.82, 2.24) is 4.98 Å². The van der Waals surface area contributed by atoms with Crippen LogP contribution in [0.4, 0.5) is 11.5 Å². The summed E-state index contributed by atoms with van der Waals surface area (Å²) < 4.78 is 17.3. The summed E-state index contributed by atoms with van der Waals surface area (Å²) in [6.07, 6.45) is 3.72. The number of carbonyl (C=O) groups is 1. The van der Waals surface area contributed by atoms with E-state index in [2.05, 4.69) is 23.2 Å². The van der Waals surface area contributed by atoms with E-state index in [0.717, 1.165) is 35.4 Å². The summed E-state index contributed by atoms with van der Waals surface area (Å²) in [6.45, 7) is 11.3. The van der Waals surface area contributed by atoms with Gasteiger partial charge in [0.1, 0.15) is 5.82 Å². The number of ether oxygens (including phenoxy) is 3. The van der Waals surface area contributed by atoms with Crippen molar-refractivity contribution in [2.24, 2.45) is 0 Å². The van der Waals surface area contributed by atoms with Crippen LogP contribution in [0.15, 0.2) is 36.4 Å². The number of rotatable bonds is 9. The second kappa shape index (κ2) is 11.3. The molecule has 3 aromatic rings. The standard InChI is InChI=1S/C28H35N3O4/c1-5-33-24-16-20(17-25(34-6-2)27(24)35-7-3)28(32)29-21-11-12-23-22(18-21)19(4)15-26(30-23)31-13-9-8-10-14-31/h11-12,15-18H,5-10,13-14H2,1-4H3,(H,29,32). The van der Waals surface area contributed by atoms with Gasteiger partial charge in [0, 0.05) is 29.7 Å². The summed E-state index contributed by atoms with van der Waals surface area (Å²) in [5, 5.41) is 4.04. The average molecular weight is 478 g/mol. The summed E-state index contributed by atoms with van der Waals surface area (Å²) in [5.41, 5.74) is 3.23. The van der Waals surface area contributed by atoms with Gasteiger partial charge in [-0.05, 0) is 88.9 Å². The lowest BCUT2D eigenvalue weighted by Gasteiger charge is -2.28. The topological polar surface area (TPSA) is 72.9 Å². The van der Waals surface area contributed by atoms with Gasteiger partial charge in [-0.2, -0.15) is 0 Å². The highest BCUT2D eigenvalue weighted by Crippen LogP contribution is 2.39. The first kappa shape index (κ1) is 24.6. The van der Waals surface area contributed by atoms with Gasteiger partial charge in [-0.3, -0.25) is 4.79 Å². The maximum Gasteiger partial charge on any atom is 0.255 e. The second-order valence-corrected chi connectivity index (χ2v) is 8.63. The molecular weight excluding hydrogens is 442 g/mol. The minimum atomic E-state index is -0.246. The molecule has 0 unspecified atom stereocenters. The van der Waals surface area contributed by atoms with Gasteiger partial charge in [-0.15, -0.1) is 0 Å². The van der Waals surface area contributed by atoms with Gasteiger partial charge >= 0.3 is 0 Å². The van der Waals surface area contributed by atoms with Crippen molar-refractivity contribution in [3.05, 3.63) is 47.5 Å². The number of anilines is 2. The fourth-order valence-electron chi connectivity index (χ4n) is 4.46. The Kier molecular flexibility index (Phi) is 7.95. The van der Waals surface area contributed by atoms with Crippen LogP contribution in [0.1, 0.15) is 56.0 Å². The van der Waals surface area contributed by atoms with Crippen LogP contribution >= 0.6 is 0 Å². The van der Waals surface area contributed by atoms with Crippen LogP contribution in [0.5, 0.6) is 17.2 Å². The number of nitrogens with one attached hydrogen (secondary N) is 1. The molecule has 1 aliphatic heterocycles. The molecule has 0 saturated carbocycles. The Morgan fingerprint density at radius 2 is 1.57 bits per heavy atom. The fraction of sp³-hybridized carbons (Fsp3) is 0.429. The Balaban J connectivity index is 1.60. The maximum absolute atomic E-state index is 13.2. The molecular formula is C28H35N3O4. The molecule has 0 aliphatic carbocycles. The number of aromatic nitrogens is 1. The minimum absolute atomic E-state index is 0.246. The third kappa shape index (κ3) is 5.61.